The molecular formula is C11H22N2OS. The third kappa shape index (κ3) is 5.11. The number of rotatable bonds is 6. The summed E-state index contributed by atoms with van der Waals surface area (Å²) in [6, 6.07) is -0.188. The fourth-order valence-corrected chi connectivity index (χ4v) is 1.76. The van der Waals surface area contributed by atoms with Gasteiger partial charge >= 0.3 is 0 Å². The van der Waals surface area contributed by atoms with Crippen LogP contribution in [0.15, 0.2) is 0 Å². The van der Waals surface area contributed by atoms with Crippen LogP contribution in [0.4, 0.5) is 0 Å². The fourth-order valence-electron chi connectivity index (χ4n) is 1.43. The second-order valence-corrected chi connectivity index (χ2v) is 4.79. The number of thiocarbonyl (C=S) groups is 1. The molecule has 0 rings (SSSR count). The van der Waals surface area contributed by atoms with Gasteiger partial charge in [-0.25, -0.2) is 0 Å². The second kappa shape index (κ2) is 6.77. The first-order chi connectivity index (χ1) is 6.90. The van der Waals surface area contributed by atoms with Crippen LogP contribution in [0.25, 0.3) is 0 Å². The highest BCUT2D eigenvalue weighted by molar-refractivity contribution is 7.80. The average Bonchev–Trinajstić information content (AvgIpc) is 2.12. The first-order valence-corrected chi connectivity index (χ1v) is 5.90. The number of nitrogens with two attached hydrogens (primary N) is 1. The number of amides is 1. The second-order valence-electron chi connectivity index (χ2n) is 4.32. The minimum atomic E-state index is -0.188. The molecule has 88 valence electrons. The van der Waals surface area contributed by atoms with Crippen molar-refractivity contribution >= 4 is 23.1 Å². The number of carbonyl (C=O) groups excluding carboxylic acids is 1. The van der Waals surface area contributed by atoms with Crippen LogP contribution in [0.1, 0.15) is 40.5 Å². The average molecular weight is 230 g/mol. The number of nitrogens with one attached hydrogen (secondary N) is 1. The van der Waals surface area contributed by atoms with Gasteiger partial charge in [0.05, 0.1) is 11.0 Å². The van der Waals surface area contributed by atoms with Crippen molar-refractivity contribution in [2.75, 3.05) is 0 Å². The van der Waals surface area contributed by atoms with Gasteiger partial charge in [-0.15, -0.1) is 0 Å². The molecule has 0 aliphatic carbocycles. The lowest BCUT2D eigenvalue weighted by atomic mass is 10.0. The SMILES string of the molecule is CCCC(C)C(=O)NC(C(N)=S)C(C)C. The Balaban J connectivity index is 4.29. The van der Waals surface area contributed by atoms with Crippen LogP contribution in [-0.4, -0.2) is 16.9 Å². The Morgan fingerprint density at radius 2 is 1.93 bits per heavy atom. The van der Waals surface area contributed by atoms with Gasteiger partial charge in [-0.3, -0.25) is 4.79 Å². The highest BCUT2D eigenvalue weighted by Gasteiger charge is 2.21. The van der Waals surface area contributed by atoms with Crippen LogP contribution in [-0.2, 0) is 4.79 Å². The van der Waals surface area contributed by atoms with Gasteiger partial charge < -0.3 is 11.1 Å². The molecule has 0 saturated heterocycles. The van der Waals surface area contributed by atoms with Gasteiger partial charge in [0.1, 0.15) is 0 Å². The Bertz CT molecular complexity index is 229. The zero-order valence-electron chi connectivity index (χ0n) is 10.0. The summed E-state index contributed by atoms with van der Waals surface area (Å²) in [6.07, 6.45) is 1.90. The van der Waals surface area contributed by atoms with E-state index in [9.17, 15) is 4.79 Å². The van der Waals surface area contributed by atoms with Crippen LogP contribution in [0, 0.1) is 11.8 Å². The molecule has 0 saturated carbocycles. The van der Waals surface area contributed by atoms with Gasteiger partial charge in [0.25, 0.3) is 0 Å². The van der Waals surface area contributed by atoms with E-state index in [1.807, 2.05) is 20.8 Å². The van der Waals surface area contributed by atoms with Crippen molar-refractivity contribution in [3.05, 3.63) is 0 Å². The predicted octanol–water partition coefficient (Wildman–Crippen LogP) is 1.85. The molecular weight excluding hydrogens is 208 g/mol. The minimum Gasteiger partial charge on any atom is -0.392 e. The molecule has 0 bridgehead atoms. The molecule has 2 unspecified atom stereocenters. The van der Waals surface area contributed by atoms with Gasteiger partial charge in [-0.2, -0.15) is 0 Å². The van der Waals surface area contributed by atoms with E-state index >= 15 is 0 Å². The molecule has 0 radical (unpaired) electrons. The molecule has 0 aliphatic rings. The fraction of sp³-hybridized carbons (Fsp3) is 0.818. The van der Waals surface area contributed by atoms with Crippen molar-refractivity contribution in [2.45, 2.75) is 46.6 Å². The first-order valence-electron chi connectivity index (χ1n) is 5.49. The quantitative estimate of drug-likeness (QED) is 0.685. The third-order valence-electron chi connectivity index (χ3n) is 2.44. The van der Waals surface area contributed by atoms with Crippen molar-refractivity contribution in [3.63, 3.8) is 0 Å². The number of carbonyl (C=O) groups is 1. The van der Waals surface area contributed by atoms with E-state index in [1.54, 1.807) is 0 Å². The summed E-state index contributed by atoms with van der Waals surface area (Å²) in [4.78, 5) is 12.1. The topological polar surface area (TPSA) is 55.1 Å². The van der Waals surface area contributed by atoms with Crippen molar-refractivity contribution in [1.82, 2.24) is 5.32 Å². The van der Waals surface area contributed by atoms with Crippen LogP contribution < -0.4 is 11.1 Å². The van der Waals surface area contributed by atoms with Crippen molar-refractivity contribution in [1.29, 1.82) is 0 Å². The van der Waals surface area contributed by atoms with Crippen molar-refractivity contribution in [3.8, 4) is 0 Å². The van der Waals surface area contributed by atoms with E-state index in [0.29, 0.717) is 4.99 Å². The van der Waals surface area contributed by atoms with Crippen LogP contribution in [0.3, 0.4) is 0 Å². The smallest absolute Gasteiger partial charge is 0.223 e. The Morgan fingerprint density at radius 1 is 1.40 bits per heavy atom. The van der Waals surface area contributed by atoms with E-state index in [2.05, 4.69) is 12.2 Å². The maximum atomic E-state index is 11.7. The Labute approximate surface area is 97.8 Å². The zero-order valence-corrected chi connectivity index (χ0v) is 10.9. The van der Waals surface area contributed by atoms with Gasteiger partial charge in [-0.05, 0) is 12.3 Å². The molecule has 0 heterocycles. The standard InChI is InChI=1S/C11H22N2OS/c1-5-6-8(4)11(14)13-9(7(2)3)10(12)15/h7-9H,5-6H2,1-4H3,(H2,12,15)(H,13,14). The molecule has 0 aromatic heterocycles. The molecule has 0 aliphatic heterocycles. The Morgan fingerprint density at radius 3 is 2.27 bits per heavy atom. The van der Waals surface area contributed by atoms with E-state index in [0.717, 1.165) is 12.8 Å². The van der Waals surface area contributed by atoms with E-state index in [4.69, 9.17) is 18.0 Å². The van der Waals surface area contributed by atoms with Gasteiger partial charge in [0.2, 0.25) is 5.91 Å². The monoisotopic (exact) mass is 230 g/mol. The zero-order chi connectivity index (χ0) is 12.0. The number of hydrogen-bond acceptors (Lipinski definition) is 2. The largest absolute Gasteiger partial charge is 0.392 e. The summed E-state index contributed by atoms with van der Waals surface area (Å²) in [6.45, 7) is 7.98. The summed E-state index contributed by atoms with van der Waals surface area (Å²) in [5.41, 5.74) is 5.58. The van der Waals surface area contributed by atoms with Crippen molar-refractivity contribution in [2.24, 2.45) is 17.6 Å². The van der Waals surface area contributed by atoms with E-state index in [1.165, 1.54) is 0 Å². The molecule has 0 aromatic rings. The molecule has 3 nitrogen and oxygen atoms in total. The van der Waals surface area contributed by atoms with Crippen LogP contribution >= 0.6 is 12.2 Å². The maximum absolute atomic E-state index is 11.7. The first kappa shape index (κ1) is 14.4. The summed E-state index contributed by atoms with van der Waals surface area (Å²) >= 11 is 4.93. The lowest BCUT2D eigenvalue weighted by Gasteiger charge is -2.23. The normalized spacial score (nSPS) is 14.7. The summed E-state index contributed by atoms with van der Waals surface area (Å²) in [7, 11) is 0. The third-order valence-corrected chi connectivity index (χ3v) is 2.69. The number of hydrogen-bond donors (Lipinski definition) is 2. The maximum Gasteiger partial charge on any atom is 0.223 e. The highest BCUT2D eigenvalue weighted by atomic mass is 32.1. The summed E-state index contributed by atoms with van der Waals surface area (Å²) < 4.78 is 0. The van der Waals surface area contributed by atoms with Gasteiger partial charge in [-0.1, -0.05) is 46.3 Å². The molecule has 2 atom stereocenters. The Kier molecular flexibility index (Phi) is 6.48. The van der Waals surface area contributed by atoms with Crippen molar-refractivity contribution < 1.29 is 4.79 Å². The summed E-state index contributed by atoms with van der Waals surface area (Å²) in [5.74, 6) is 0.314. The van der Waals surface area contributed by atoms with Gasteiger partial charge in [0, 0.05) is 5.92 Å². The molecule has 15 heavy (non-hydrogen) atoms. The molecule has 0 spiro atoms. The van der Waals surface area contributed by atoms with Crippen LogP contribution in [0.2, 0.25) is 0 Å². The van der Waals surface area contributed by atoms with E-state index in [-0.39, 0.29) is 23.8 Å². The molecule has 4 heteroatoms. The van der Waals surface area contributed by atoms with Crippen LogP contribution in [0.5, 0.6) is 0 Å². The molecule has 0 fully saturated rings. The Hall–Kier alpha value is -0.640. The molecule has 3 N–H and O–H groups in total. The minimum absolute atomic E-state index is 0.0330. The predicted molar refractivity (Wildman–Crippen MR) is 67.6 cm³/mol. The highest BCUT2D eigenvalue weighted by Crippen LogP contribution is 2.08. The molecule has 0 aromatic carbocycles. The lowest BCUT2D eigenvalue weighted by Crippen LogP contribution is -2.48. The van der Waals surface area contributed by atoms with E-state index < -0.39 is 0 Å². The molecule has 1 amide bonds. The summed E-state index contributed by atoms with van der Waals surface area (Å²) in [5, 5.41) is 2.90. The lowest BCUT2D eigenvalue weighted by molar-refractivity contribution is -0.125. The van der Waals surface area contributed by atoms with Gasteiger partial charge in [0.15, 0.2) is 0 Å².